The van der Waals surface area contributed by atoms with E-state index in [0.717, 1.165) is 0 Å². The summed E-state index contributed by atoms with van der Waals surface area (Å²) in [6.45, 7) is 0. The zero-order valence-electron chi connectivity index (χ0n) is 8.03. The Bertz CT molecular complexity index is 313. The molecule has 1 aromatic carbocycles. The first kappa shape index (κ1) is 12.6. The molecule has 3 nitrogen and oxygen atoms in total. The fourth-order valence-electron chi connectivity index (χ4n) is 1.30. The lowest BCUT2D eigenvalue weighted by Crippen LogP contribution is -2.18. The molecule has 0 spiro atoms. The lowest BCUT2D eigenvalue weighted by molar-refractivity contribution is 0.0170. The average molecular weight is 250 g/mol. The molecule has 0 aromatic heterocycles. The molecule has 0 saturated carbocycles. The number of benzene rings is 1. The Hall–Kier alpha value is -0.480. The molecule has 5 heteroatoms. The summed E-state index contributed by atoms with van der Waals surface area (Å²) in [5.74, 6) is 0.286. The summed E-state index contributed by atoms with van der Waals surface area (Å²) in [7, 11) is 0. The van der Waals surface area contributed by atoms with Crippen molar-refractivity contribution < 1.29 is 10.2 Å². The number of nitrogens with two attached hydrogens (primary N) is 1. The Morgan fingerprint density at radius 1 is 1.27 bits per heavy atom. The molecular formula is C10H13Cl2NO2. The molecule has 0 aliphatic rings. The highest BCUT2D eigenvalue weighted by Crippen LogP contribution is 2.25. The molecule has 0 bridgehead atoms. The van der Waals surface area contributed by atoms with Gasteiger partial charge in [0.05, 0.1) is 6.10 Å². The number of alkyl halides is 1. The summed E-state index contributed by atoms with van der Waals surface area (Å²) in [4.78, 5) is 0. The van der Waals surface area contributed by atoms with Gasteiger partial charge < -0.3 is 15.9 Å². The van der Waals surface area contributed by atoms with Crippen LogP contribution in [0.1, 0.15) is 18.1 Å². The Balaban J connectivity index is 2.85. The van der Waals surface area contributed by atoms with Crippen molar-refractivity contribution in [3.8, 4) is 0 Å². The molecule has 15 heavy (non-hydrogen) atoms. The van der Waals surface area contributed by atoms with Gasteiger partial charge in [-0.1, -0.05) is 11.6 Å². The maximum Gasteiger partial charge on any atom is 0.105 e. The molecule has 0 heterocycles. The van der Waals surface area contributed by atoms with Crippen LogP contribution in [-0.2, 0) is 0 Å². The van der Waals surface area contributed by atoms with Crippen LogP contribution in [0.2, 0.25) is 5.02 Å². The van der Waals surface area contributed by atoms with Crippen LogP contribution in [0.4, 0.5) is 5.69 Å². The molecule has 4 N–H and O–H groups in total. The first-order valence-electron chi connectivity index (χ1n) is 4.52. The molecule has 84 valence electrons. The molecule has 0 saturated heterocycles. The van der Waals surface area contributed by atoms with Crippen molar-refractivity contribution in [3.05, 3.63) is 28.8 Å². The van der Waals surface area contributed by atoms with Gasteiger partial charge in [0.15, 0.2) is 0 Å². The first-order valence-corrected chi connectivity index (χ1v) is 5.44. The summed E-state index contributed by atoms with van der Waals surface area (Å²) in [5.41, 5.74) is 6.52. The minimum absolute atomic E-state index is 0.286. The van der Waals surface area contributed by atoms with Crippen LogP contribution in [0, 0.1) is 0 Å². The van der Waals surface area contributed by atoms with E-state index in [0.29, 0.717) is 22.7 Å². The van der Waals surface area contributed by atoms with E-state index >= 15 is 0 Å². The fourth-order valence-corrected chi connectivity index (χ4v) is 1.77. The van der Waals surface area contributed by atoms with Crippen LogP contribution in [0.15, 0.2) is 18.2 Å². The van der Waals surface area contributed by atoms with Gasteiger partial charge >= 0.3 is 0 Å². The van der Waals surface area contributed by atoms with E-state index < -0.39 is 12.2 Å². The fraction of sp³-hybridized carbons (Fsp3) is 0.400. The molecule has 2 atom stereocenters. The minimum atomic E-state index is -1.01. The van der Waals surface area contributed by atoms with Crippen molar-refractivity contribution in [1.29, 1.82) is 0 Å². The molecule has 0 fully saturated rings. The predicted molar refractivity (Wildman–Crippen MR) is 62.2 cm³/mol. The molecule has 1 aromatic rings. The second-order valence-corrected chi connectivity index (χ2v) is 4.12. The normalized spacial score (nSPS) is 14.9. The van der Waals surface area contributed by atoms with E-state index in [1.165, 1.54) is 0 Å². The number of rotatable bonds is 4. The summed E-state index contributed by atoms with van der Waals surface area (Å²) in [6, 6.07) is 4.72. The van der Waals surface area contributed by atoms with E-state index in [-0.39, 0.29) is 5.88 Å². The van der Waals surface area contributed by atoms with Gasteiger partial charge in [-0.05, 0) is 30.2 Å². The van der Waals surface area contributed by atoms with E-state index in [1.807, 2.05) is 0 Å². The first-order chi connectivity index (χ1) is 7.04. The van der Waals surface area contributed by atoms with Crippen molar-refractivity contribution in [2.24, 2.45) is 0 Å². The quantitative estimate of drug-likeness (QED) is 0.565. The van der Waals surface area contributed by atoms with Gasteiger partial charge in [0.2, 0.25) is 0 Å². The van der Waals surface area contributed by atoms with Crippen molar-refractivity contribution >= 4 is 28.9 Å². The molecular weight excluding hydrogens is 237 g/mol. The predicted octanol–water partition coefficient (Wildman–Crippen LogP) is 1.95. The Kier molecular flexibility index (Phi) is 4.67. The zero-order chi connectivity index (χ0) is 11.4. The third-order valence-electron chi connectivity index (χ3n) is 2.05. The van der Waals surface area contributed by atoms with Gasteiger partial charge in [-0.3, -0.25) is 0 Å². The highest BCUT2D eigenvalue weighted by molar-refractivity contribution is 6.30. The van der Waals surface area contributed by atoms with Crippen LogP contribution >= 0.6 is 23.2 Å². The van der Waals surface area contributed by atoms with Crippen molar-refractivity contribution in [2.45, 2.75) is 18.6 Å². The molecule has 0 aliphatic heterocycles. The molecule has 0 amide bonds. The lowest BCUT2D eigenvalue weighted by Gasteiger charge is -2.17. The van der Waals surface area contributed by atoms with Crippen LogP contribution in [0.3, 0.4) is 0 Å². The van der Waals surface area contributed by atoms with Crippen LogP contribution in [0.25, 0.3) is 0 Å². The van der Waals surface area contributed by atoms with Gasteiger partial charge in [0.25, 0.3) is 0 Å². The standard InChI is InChI=1S/C10H13Cl2NO2/c11-2-1-9(14)10(15)6-3-7(12)5-8(13)4-6/h3-5,9-10,14-15H,1-2,13H2. The number of hydrogen-bond acceptors (Lipinski definition) is 3. The number of anilines is 1. The van der Waals surface area contributed by atoms with Crippen LogP contribution in [-0.4, -0.2) is 22.2 Å². The zero-order valence-corrected chi connectivity index (χ0v) is 9.54. The second-order valence-electron chi connectivity index (χ2n) is 3.31. The third-order valence-corrected chi connectivity index (χ3v) is 2.49. The molecule has 0 radical (unpaired) electrons. The van der Waals surface area contributed by atoms with Crippen molar-refractivity contribution in [3.63, 3.8) is 0 Å². The lowest BCUT2D eigenvalue weighted by atomic mass is 10.0. The van der Waals surface area contributed by atoms with E-state index in [4.69, 9.17) is 28.9 Å². The summed E-state index contributed by atoms with van der Waals surface area (Å²) in [5, 5.41) is 19.7. The van der Waals surface area contributed by atoms with Gasteiger partial charge in [0, 0.05) is 16.6 Å². The topological polar surface area (TPSA) is 66.5 Å². The third kappa shape index (κ3) is 3.54. The maximum absolute atomic E-state index is 9.75. The number of halogens is 2. The molecule has 1 rings (SSSR count). The monoisotopic (exact) mass is 249 g/mol. The van der Waals surface area contributed by atoms with Crippen molar-refractivity contribution in [2.75, 3.05) is 11.6 Å². The number of aliphatic hydroxyl groups excluding tert-OH is 2. The summed E-state index contributed by atoms with van der Waals surface area (Å²) < 4.78 is 0. The second kappa shape index (κ2) is 5.56. The molecule has 2 unspecified atom stereocenters. The van der Waals surface area contributed by atoms with E-state index in [2.05, 4.69) is 0 Å². The van der Waals surface area contributed by atoms with E-state index in [1.54, 1.807) is 18.2 Å². The number of nitrogen functional groups attached to an aromatic ring is 1. The Morgan fingerprint density at radius 2 is 1.93 bits per heavy atom. The maximum atomic E-state index is 9.75. The highest BCUT2D eigenvalue weighted by atomic mass is 35.5. The van der Waals surface area contributed by atoms with E-state index in [9.17, 15) is 10.2 Å². The number of aliphatic hydroxyl groups is 2. The molecule has 0 aliphatic carbocycles. The van der Waals surface area contributed by atoms with Crippen molar-refractivity contribution in [1.82, 2.24) is 0 Å². The largest absolute Gasteiger partial charge is 0.399 e. The van der Waals surface area contributed by atoms with Crippen LogP contribution < -0.4 is 5.73 Å². The average Bonchev–Trinajstić information content (AvgIpc) is 2.15. The highest BCUT2D eigenvalue weighted by Gasteiger charge is 2.18. The van der Waals surface area contributed by atoms with Crippen LogP contribution in [0.5, 0.6) is 0 Å². The van der Waals surface area contributed by atoms with Gasteiger partial charge in [0.1, 0.15) is 6.10 Å². The van der Waals surface area contributed by atoms with Gasteiger partial charge in [-0.25, -0.2) is 0 Å². The SMILES string of the molecule is Nc1cc(Cl)cc(C(O)C(O)CCCl)c1. The Morgan fingerprint density at radius 3 is 2.47 bits per heavy atom. The van der Waals surface area contributed by atoms with Gasteiger partial charge in [-0.2, -0.15) is 0 Å². The minimum Gasteiger partial charge on any atom is -0.399 e. The summed E-state index contributed by atoms with van der Waals surface area (Å²) in [6.07, 6.45) is -1.60. The number of hydrogen-bond donors (Lipinski definition) is 3. The summed E-state index contributed by atoms with van der Waals surface area (Å²) >= 11 is 11.2. The smallest absolute Gasteiger partial charge is 0.105 e. The van der Waals surface area contributed by atoms with Gasteiger partial charge in [-0.15, -0.1) is 11.6 Å². The Labute approximate surface area is 98.4 Å².